The van der Waals surface area contributed by atoms with Crippen molar-refractivity contribution >= 4 is 44.9 Å². The lowest BCUT2D eigenvalue weighted by atomic mass is 10.1. The second-order valence-corrected chi connectivity index (χ2v) is 27.4. The van der Waals surface area contributed by atoms with Crippen LogP contribution >= 0.6 is 11.8 Å². The minimum atomic E-state index is -2.05. The van der Waals surface area contributed by atoms with E-state index >= 15 is 8.78 Å². The monoisotopic (exact) mass is 749 g/mol. The van der Waals surface area contributed by atoms with Crippen LogP contribution < -0.4 is 9.64 Å². The van der Waals surface area contributed by atoms with Gasteiger partial charge in [-0.25, -0.2) is 13.8 Å². The van der Waals surface area contributed by atoms with Crippen molar-refractivity contribution in [3.8, 4) is 17.1 Å². The molecule has 0 spiro atoms. The fourth-order valence-corrected chi connectivity index (χ4v) is 9.16. The van der Waals surface area contributed by atoms with Crippen LogP contribution in [-0.2, 0) is 30.1 Å². The van der Waals surface area contributed by atoms with Crippen LogP contribution in [0.3, 0.4) is 0 Å². The number of hydrogen-bond donors (Lipinski definition) is 0. The quantitative estimate of drug-likeness (QED) is 0.105. The molecule has 0 amide bonds. The van der Waals surface area contributed by atoms with Crippen LogP contribution in [0.2, 0.25) is 43.8 Å². The van der Waals surface area contributed by atoms with Crippen LogP contribution in [0.5, 0.6) is 5.88 Å². The smallest absolute Gasteiger partial charge is 0.212 e. The highest BCUT2D eigenvalue weighted by atomic mass is 32.2. The van der Waals surface area contributed by atoms with E-state index < -0.39 is 28.0 Å². The Balaban J connectivity index is 1.32. The lowest BCUT2D eigenvalue weighted by molar-refractivity contribution is 0.00760. The van der Waals surface area contributed by atoms with Crippen LogP contribution in [0.4, 0.5) is 14.5 Å². The molecule has 4 atom stereocenters. The number of benzene rings is 1. The zero-order valence-electron chi connectivity index (χ0n) is 30.9. The molecule has 3 aliphatic heterocycles. The van der Waals surface area contributed by atoms with Crippen molar-refractivity contribution in [3.63, 3.8) is 0 Å². The topological polar surface area (TPSA) is 76.4 Å². The van der Waals surface area contributed by atoms with Crippen molar-refractivity contribution in [1.29, 1.82) is 0 Å². The number of aromatic nitrogens is 2. The van der Waals surface area contributed by atoms with E-state index in [1.807, 2.05) is 21.8 Å². The summed E-state index contributed by atoms with van der Waals surface area (Å²) in [4.78, 5) is 7.58. The van der Waals surface area contributed by atoms with Crippen molar-refractivity contribution < 1.29 is 36.9 Å². The number of ether oxygens (including phenoxy) is 5. The van der Waals surface area contributed by atoms with Gasteiger partial charge in [-0.1, -0.05) is 40.4 Å². The largest absolute Gasteiger partial charge is 0.469 e. The third kappa shape index (κ3) is 7.82. The summed E-state index contributed by atoms with van der Waals surface area (Å²) < 4.78 is 71.2. The Labute approximate surface area is 301 Å². The molecule has 50 heavy (non-hydrogen) atoms. The fraction of sp³-hybridized carbons (Fsp3) is 0.639. The molecule has 6 rings (SSSR count). The minimum Gasteiger partial charge on any atom is -0.469 e. The average molecular weight is 750 g/mol. The van der Waals surface area contributed by atoms with E-state index in [9.17, 15) is 0 Å². The second-order valence-electron chi connectivity index (χ2n) is 16.2. The Hall–Kier alpha value is -2.05. The molecule has 3 aromatic rings. The highest BCUT2D eigenvalue weighted by molar-refractivity contribution is 7.99. The van der Waals surface area contributed by atoms with Crippen molar-refractivity contribution in [2.75, 3.05) is 57.3 Å². The molecule has 3 aliphatic rings. The number of fused-ring (bicyclic) bond motifs is 2. The molecule has 0 saturated carbocycles. The highest BCUT2D eigenvalue weighted by Gasteiger charge is 2.52. The number of pyridine rings is 1. The van der Waals surface area contributed by atoms with Crippen LogP contribution in [-0.4, -0.2) is 103 Å². The number of thioether (sulfide) groups is 1. The van der Waals surface area contributed by atoms with E-state index in [1.165, 1.54) is 23.9 Å². The molecule has 9 nitrogen and oxygen atoms in total. The molecule has 0 N–H and O–H groups in total. The van der Waals surface area contributed by atoms with Crippen LogP contribution in [0.25, 0.3) is 22.3 Å². The summed E-state index contributed by atoms with van der Waals surface area (Å²) in [5, 5.41) is 0.0612. The molecule has 3 fully saturated rings. The molecular formula is C36H53F2N3O6SSi2. The van der Waals surface area contributed by atoms with Gasteiger partial charge in [-0.2, -0.15) is 0 Å². The van der Waals surface area contributed by atoms with Crippen LogP contribution in [0.1, 0.15) is 20.8 Å². The van der Waals surface area contributed by atoms with Gasteiger partial charge in [0.1, 0.15) is 36.1 Å². The number of nitrogens with zero attached hydrogens (tertiary/aromatic N) is 3. The molecule has 3 saturated heterocycles. The first-order valence-electron chi connectivity index (χ1n) is 17.6. The first-order chi connectivity index (χ1) is 23.6. The van der Waals surface area contributed by atoms with Crippen molar-refractivity contribution in [2.24, 2.45) is 0 Å². The zero-order valence-corrected chi connectivity index (χ0v) is 33.8. The van der Waals surface area contributed by atoms with E-state index in [0.29, 0.717) is 63.2 Å². The highest BCUT2D eigenvalue weighted by Crippen LogP contribution is 2.44. The molecule has 0 aliphatic carbocycles. The Morgan fingerprint density at radius 3 is 2.22 bits per heavy atom. The first kappa shape index (κ1) is 37.7. The van der Waals surface area contributed by atoms with Crippen molar-refractivity contribution in [3.05, 3.63) is 35.9 Å². The van der Waals surface area contributed by atoms with Gasteiger partial charge in [0.2, 0.25) is 5.88 Å². The van der Waals surface area contributed by atoms with Gasteiger partial charge >= 0.3 is 0 Å². The number of halogens is 2. The minimum absolute atomic E-state index is 0.0612. The molecule has 0 bridgehead atoms. The summed E-state index contributed by atoms with van der Waals surface area (Å²) in [6.45, 7) is 22.0. The van der Waals surface area contributed by atoms with Gasteiger partial charge in [0.05, 0.1) is 54.2 Å². The maximum Gasteiger partial charge on any atom is 0.212 e. The van der Waals surface area contributed by atoms with E-state index in [4.69, 9.17) is 33.1 Å². The number of hydrogen-bond acceptors (Lipinski definition) is 9. The van der Waals surface area contributed by atoms with E-state index in [1.54, 1.807) is 6.07 Å². The van der Waals surface area contributed by atoms with Gasteiger partial charge in [0.15, 0.2) is 14.4 Å². The summed E-state index contributed by atoms with van der Waals surface area (Å²) >= 11 is 1.48. The third-order valence-corrected chi connectivity index (χ3v) is 17.4. The molecule has 276 valence electrons. The predicted molar refractivity (Wildman–Crippen MR) is 200 cm³/mol. The number of rotatable bonds is 12. The van der Waals surface area contributed by atoms with Gasteiger partial charge in [0, 0.05) is 33.5 Å². The Morgan fingerprint density at radius 1 is 0.960 bits per heavy atom. The summed E-state index contributed by atoms with van der Waals surface area (Å²) in [5.41, 5.74) is 1.91. The van der Waals surface area contributed by atoms with Gasteiger partial charge in [-0.05, 0) is 54.7 Å². The van der Waals surface area contributed by atoms with E-state index in [2.05, 4.69) is 53.5 Å². The maximum atomic E-state index is 15.7. The fourth-order valence-electron chi connectivity index (χ4n) is 6.41. The Bertz CT molecular complexity index is 1650. The normalized spacial score (nSPS) is 23.2. The molecule has 14 heteroatoms. The predicted octanol–water partition coefficient (Wildman–Crippen LogP) is 7.79. The Morgan fingerprint density at radius 2 is 1.60 bits per heavy atom. The standard InChI is InChI=1S/C36H53F2N3O6SSi2/c1-36(2,3)50(8,9)47-29-21-45-32-28(20-44-33(29)32)46-35-34(48-4)31-27(41(35)22-43-16-17-49(5,6)7)11-10-26(39-31)30-24(37)18-23(19-25(30)38)40-12-14-42-15-13-40/h10-11,18-19,28-29,32-33H,12-17,20-22H2,1-9H3/t28-,29-,32-,33?/m1/s1. The molecule has 1 aromatic carbocycles. The van der Waals surface area contributed by atoms with Gasteiger partial charge in [-0.15, -0.1) is 11.8 Å². The SMILES string of the molecule is CSc1c(O[C@@H]2COC3[C@H](O[Si](C)(C)C(C)(C)C)CO[C@@H]32)n(COCC[Si](C)(C)C)c2ccc(-c3c(F)cc(N4CCOCC4)cc3F)nc12. The van der Waals surface area contributed by atoms with Crippen molar-refractivity contribution in [1.82, 2.24) is 9.55 Å². The first-order valence-corrected chi connectivity index (χ1v) is 25.5. The number of anilines is 1. The Kier molecular flexibility index (Phi) is 11.1. The van der Waals surface area contributed by atoms with Gasteiger partial charge in [0.25, 0.3) is 0 Å². The van der Waals surface area contributed by atoms with E-state index in [-0.39, 0.29) is 47.4 Å². The van der Waals surface area contributed by atoms with Gasteiger partial charge < -0.3 is 33.0 Å². The second kappa shape index (κ2) is 14.8. The van der Waals surface area contributed by atoms with Crippen LogP contribution in [0.15, 0.2) is 29.2 Å². The number of morpholine rings is 1. The molecular weight excluding hydrogens is 697 g/mol. The van der Waals surface area contributed by atoms with E-state index in [0.717, 1.165) is 16.5 Å². The van der Waals surface area contributed by atoms with Gasteiger partial charge in [-0.3, -0.25) is 4.57 Å². The lowest BCUT2D eigenvalue weighted by Crippen LogP contribution is -2.47. The lowest BCUT2D eigenvalue weighted by Gasteiger charge is -2.39. The molecule has 5 heterocycles. The molecule has 0 radical (unpaired) electrons. The third-order valence-electron chi connectivity index (χ3n) is 10.4. The summed E-state index contributed by atoms with van der Waals surface area (Å²) in [6.07, 6.45) is 0.887. The summed E-state index contributed by atoms with van der Waals surface area (Å²) in [7, 11) is -3.37. The maximum absolute atomic E-state index is 15.7. The average Bonchev–Trinajstić information content (AvgIpc) is 3.71. The van der Waals surface area contributed by atoms with Crippen molar-refractivity contribution in [2.45, 2.75) is 101 Å². The summed E-state index contributed by atoms with van der Waals surface area (Å²) in [6, 6.07) is 7.31. The summed E-state index contributed by atoms with van der Waals surface area (Å²) in [5.74, 6) is -0.728. The van der Waals surface area contributed by atoms with Crippen LogP contribution in [0, 0.1) is 11.6 Å². The molecule has 2 aromatic heterocycles. The zero-order chi connectivity index (χ0) is 36.0. The molecule has 1 unspecified atom stereocenters.